The molecule has 168 valence electrons. The molecule has 0 atom stereocenters. The topological polar surface area (TPSA) is 101 Å². The summed E-state index contributed by atoms with van der Waals surface area (Å²) in [7, 11) is 0. The number of aryl methyl sites for hydroxylation is 1. The Labute approximate surface area is 187 Å². The maximum Gasteiger partial charge on any atom is 0.337 e. The molecule has 1 aliphatic heterocycles. The molecule has 7 nitrogen and oxygen atoms in total. The van der Waals surface area contributed by atoms with Gasteiger partial charge in [0.15, 0.2) is 5.65 Å². The molecular formula is C23H32N4O3S. The van der Waals surface area contributed by atoms with Gasteiger partial charge in [0.1, 0.15) is 0 Å². The van der Waals surface area contributed by atoms with Crippen LogP contribution in [0.15, 0.2) is 30.6 Å². The number of hydrogen-bond donors (Lipinski definition) is 2. The van der Waals surface area contributed by atoms with Crippen LogP contribution in [-0.2, 0) is 4.79 Å². The Hall–Kier alpha value is -2.87. The molecule has 3 N–H and O–H groups in total. The highest BCUT2D eigenvalue weighted by atomic mass is 32.1. The van der Waals surface area contributed by atoms with Crippen LogP contribution in [0.3, 0.4) is 0 Å². The second-order valence-electron chi connectivity index (χ2n) is 7.58. The lowest BCUT2D eigenvalue weighted by molar-refractivity contribution is -0.127. The monoisotopic (exact) mass is 444 g/mol. The molecule has 0 unspecified atom stereocenters. The van der Waals surface area contributed by atoms with Gasteiger partial charge in [-0.05, 0) is 38.0 Å². The number of piperidine rings is 1. The number of imidazole rings is 1. The number of nitrogens with two attached hydrogens (primary N) is 1. The maximum absolute atomic E-state index is 11.7. The predicted molar refractivity (Wildman–Crippen MR) is 127 cm³/mol. The number of aromatic nitrogens is 2. The second-order valence-corrected chi connectivity index (χ2v) is 8.87. The van der Waals surface area contributed by atoms with Crippen molar-refractivity contribution in [2.45, 2.75) is 48.0 Å². The van der Waals surface area contributed by atoms with E-state index in [1.54, 1.807) is 29.8 Å². The number of carboxylic acids is 1. The largest absolute Gasteiger partial charge is 0.478 e. The van der Waals surface area contributed by atoms with Gasteiger partial charge in [-0.2, -0.15) is 0 Å². The number of aromatic carboxylic acids is 1. The molecule has 0 aliphatic carbocycles. The van der Waals surface area contributed by atoms with Crippen molar-refractivity contribution < 1.29 is 14.7 Å². The van der Waals surface area contributed by atoms with Gasteiger partial charge < -0.3 is 15.7 Å². The first-order chi connectivity index (χ1) is 14.3. The first kappa shape index (κ1) is 24.4. The maximum atomic E-state index is 11.7. The number of hydrogen-bond acceptors (Lipinski definition) is 5. The van der Waals surface area contributed by atoms with Crippen LogP contribution < -0.4 is 10.6 Å². The Bertz CT molecular complexity index is 1080. The number of carbonyl (C=O) groups excluding carboxylic acids is 1. The molecule has 0 spiro atoms. The number of nitrogens with zero attached hydrogens (tertiary/aromatic N) is 3. The van der Waals surface area contributed by atoms with E-state index < -0.39 is 11.4 Å². The fourth-order valence-corrected chi connectivity index (χ4v) is 4.54. The normalized spacial score (nSPS) is 15.0. The Kier molecular flexibility index (Phi) is 7.49. The Morgan fingerprint density at radius 1 is 1.23 bits per heavy atom. The van der Waals surface area contributed by atoms with E-state index in [1.807, 2.05) is 44.2 Å². The molecule has 1 fully saturated rings. The van der Waals surface area contributed by atoms with Crippen LogP contribution >= 0.6 is 11.3 Å². The minimum atomic E-state index is -0.982. The SMILES string of the molecule is C.CC.Cc1ccc(-c2cnc3c(N4CCC(C)(C(N)=O)CC4)cc(C(=O)O)cn23)s1. The van der Waals surface area contributed by atoms with Crippen molar-refractivity contribution in [1.29, 1.82) is 0 Å². The van der Waals surface area contributed by atoms with Crippen molar-refractivity contribution in [2.24, 2.45) is 11.1 Å². The number of pyridine rings is 1. The number of rotatable bonds is 4. The molecule has 4 heterocycles. The van der Waals surface area contributed by atoms with Crippen LogP contribution in [0.25, 0.3) is 16.2 Å². The number of fused-ring (bicyclic) bond motifs is 1. The van der Waals surface area contributed by atoms with E-state index in [1.165, 1.54) is 4.88 Å². The summed E-state index contributed by atoms with van der Waals surface area (Å²) in [6.07, 6.45) is 4.66. The molecule has 31 heavy (non-hydrogen) atoms. The fraction of sp³-hybridized carbons (Fsp3) is 0.435. The average Bonchev–Trinajstić information content (AvgIpc) is 3.35. The second kappa shape index (κ2) is 9.51. The Morgan fingerprint density at radius 3 is 2.39 bits per heavy atom. The summed E-state index contributed by atoms with van der Waals surface area (Å²) < 4.78 is 1.85. The van der Waals surface area contributed by atoms with Crippen molar-refractivity contribution >= 4 is 34.5 Å². The third-order valence-corrected chi connectivity index (χ3v) is 6.65. The van der Waals surface area contributed by atoms with Gasteiger partial charge in [0, 0.05) is 29.6 Å². The molecular weight excluding hydrogens is 412 g/mol. The van der Waals surface area contributed by atoms with Gasteiger partial charge in [-0.25, -0.2) is 9.78 Å². The number of anilines is 1. The van der Waals surface area contributed by atoms with Crippen LogP contribution in [0.4, 0.5) is 5.69 Å². The minimum absolute atomic E-state index is 0. The van der Waals surface area contributed by atoms with E-state index in [0.29, 0.717) is 31.6 Å². The van der Waals surface area contributed by atoms with Crippen molar-refractivity contribution in [1.82, 2.24) is 9.38 Å². The molecule has 3 aromatic rings. The van der Waals surface area contributed by atoms with Crippen molar-refractivity contribution in [2.75, 3.05) is 18.0 Å². The van der Waals surface area contributed by atoms with Gasteiger partial charge in [-0.15, -0.1) is 11.3 Å². The van der Waals surface area contributed by atoms with Crippen LogP contribution in [-0.4, -0.2) is 39.5 Å². The van der Waals surface area contributed by atoms with Crippen molar-refractivity contribution in [3.8, 4) is 10.6 Å². The van der Waals surface area contributed by atoms with Crippen LogP contribution in [0, 0.1) is 12.3 Å². The molecule has 4 rings (SSSR count). The van der Waals surface area contributed by atoms with E-state index in [-0.39, 0.29) is 18.9 Å². The molecule has 8 heteroatoms. The number of carbonyl (C=O) groups is 2. The standard InChI is InChI=1S/C20H22N4O3S.C2H6.CH4/c1-12-3-4-16(28-12)15-10-22-17-14(9-13(18(25)26)11-24(15)17)23-7-5-20(2,6-8-23)19(21)27;1-2;/h3-4,9-11H,5-8H2,1-2H3,(H2,21,27)(H,25,26);1-2H3;1H4. The predicted octanol–water partition coefficient (Wildman–Crippen LogP) is 4.82. The third kappa shape index (κ3) is 4.58. The van der Waals surface area contributed by atoms with E-state index in [2.05, 4.69) is 9.88 Å². The van der Waals surface area contributed by atoms with Gasteiger partial charge in [-0.3, -0.25) is 9.20 Å². The summed E-state index contributed by atoms with van der Waals surface area (Å²) in [5, 5.41) is 9.62. The summed E-state index contributed by atoms with van der Waals surface area (Å²) in [4.78, 5) is 32.4. The molecule has 0 saturated carbocycles. The first-order valence-corrected chi connectivity index (χ1v) is 11.0. The van der Waals surface area contributed by atoms with Crippen LogP contribution in [0.1, 0.15) is 56.3 Å². The van der Waals surface area contributed by atoms with Gasteiger partial charge >= 0.3 is 5.97 Å². The van der Waals surface area contributed by atoms with Gasteiger partial charge in [0.05, 0.1) is 28.0 Å². The van der Waals surface area contributed by atoms with Gasteiger partial charge in [0.25, 0.3) is 0 Å². The quantitative estimate of drug-likeness (QED) is 0.601. The zero-order valence-electron chi connectivity index (χ0n) is 17.8. The Morgan fingerprint density at radius 2 is 1.87 bits per heavy atom. The zero-order chi connectivity index (χ0) is 22.1. The van der Waals surface area contributed by atoms with Crippen LogP contribution in [0.2, 0.25) is 0 Å². The fourth-order valence-electron chi connectivity index (χ4n) is 3.66. The lowest BCUT2D eigenvalue weighted by Gasteiger charge is -2.38. The summed E-state index contributed by atoms with van der Waals surface area (Å²) in [6.45, 7) is 9.18. The highest BCUT2D eigenvalue weighted by Crippen LogP contribution is 2.36. The summed E-state index contributed by atoms with van der Waals surface area (Å²) in [5.74, 6) is -1.27. The molecule has 1 saturated heterocycles. The lowest BCUT2D eigenvalue weighted by atomic mass is 9.79. The number of thiophene rings is 1. The van der Waals surface area contributed by atoms with Crippen molar-refractivity contribution in [3.05, 3.63) is 41.0 Å². The highest BCUT2D eigenvalue weighted by molar-refractivity contribution is 7.15. The molecule has 1 aliphatic rings. The number of amides is 1. The molecule has 1 amide bonds. The minimum Gasteiger partial charge on any atom is -0.478 e. The first-order valence-electron chi connectivity index (χ1n) is 10.1. The summed E-state index contributed by atoms with van der Waals surface area (Å²) in [5.41, 5.74) is 7.60. The molecule has 0 aromatic carbocycles. The third-order valence-electron chi connectivity index (χ3n) is 5.63. The van der Waals surface area contributed by atoms with Crippen LogP contribution in [0.5, 0.6) is 0 Å². The molecule has 0 bridgehead atoms. The highest BCUT2D eigenvalue weighted by Gasteiger charge is 2.36. The van der Waals surface area contributed by atoms with Crippen molar-refractivity contribution in [3.63, 3.8) is 0 Å². The van der Waals surface area contributed by atoms with E-state index in [0.717, 1.165) is 16.3 Å². The molecule has 0 radical (unpaired) electrons. The van der Waals surface area contributed by atoms with Gasteiger partial charge in [-0.1, -0.05) is 28.2 Å². The Balaban J connectivity index is 0.00000111. The summed E-state index contributed by atoms with van der Waals surface area (Å²) >= 11 is 1.65. The van der Waals surface area contributed by atoms with E-state index >= 15 is 0 Å². The average molecular weight is 445 g/mol. The lowest BCUT2D eigenvalue weighted by Crippen LogP contribution is -2.45. The number of carboxylic acid groups (broad SMARTS) is 1. The van der Waals surface area contributed by atoms with E-state index in [4.69, 9.17) is 5.73 Å². The summed E-state index contributed by atoms with van der Waals surface area (Å²) in [6, 6.07) is 5.73. The van der Waals surface area contributed by atoms with E-state index in [9.17, 15) is 14.7 Å². The van der Waals surface area contributed by atoms with Gasteiger partial charge in [0.2, 0.25) is 5.91 Å². The zero-order valence-corrected chi connectivity index (χ0v) is 18.6. The molecule has 3 aromatic heterocycles. The number of primary amides is 1. The smallest absolute Gasteiger partial charge is 0.337 e.